The van der Waals surface area contributed by atoms with Gasteiger partial charge in [0.15, 0.2) is 0 Å². The number of rotatable bonds is 9. The molecule has 0 saturated carbocycles. The number of nitrogens with one attached hydrogen (secondary N) is 1. The van der Waals surface area contributed by atoms with Crippen molar-refractivity contribution in [1.82, 2.24) is 10.2 Å². The van der Waals surface area contributed by atoms with E-state index in [4.69, 9.17) is 10.8 Å². The van der Waals surface area contributed by atoms with Gasteiger partial charge in [-0.15, -0.1) is 0 Å². The predicted octanol–water partition coefficient (Wildman–Crippen LogP) is 0.537. The Bertz CT molecular complexity index is 314. The van der Waals surface area contributed by atoms with Crippen LogP contribution in [0.1, 0.15) is 39.5 Å². The van der Waals surface area contributed by atoms with Gasteiger partial charge in [0.1, 0.15) is 6.04 Å². The number of aliphatic carboxylic acids is 1. The largest absolute Gasteiger partial charge is 0.480 e. The standard InChI is InChI=1S/C12H23N3O4/c1-3-7-15(8-4-2)12(19)14-9(11(17)18)5-6-10(13)16/h9H,3-8H2,1-2H3,(H2,13,16)(H,14,19)(H,17,18). The van der Waals surface area contributed by atoms with Crippen molar-refractivity contribution in [2.45, 2.75) is 45.6 Å². The van der Waals surface area contributed by atoms with Gasteiger partial charge < -0.3 is 21.1 Å². The number of nitrogens with two attached hydrogens (primary N) is 1. The summed E-state index contributed by atoms with van der Waals surface area (Å²) in [5.74, 6) is -1.75. The van der Waals surface area contributed by atoms with Crippen LogP contribution >= 0.6 is 0 Å². The molecule has 0 aromatic carbocycles. The second-order valence-corrected chi connectivity index (χ2v) is 4.33. The third kappa shape index (κ3) is 7.28. The highest BCUT2D eigenvalue weighted by atomic mass is 16.4. The van der Waals surface area contributed by atoms with Crippen LogP contribution in [0, 0.1) is 0 Å². The van der Waals surface area contributed by atoms with Crippen LogP contribution in [0.4, 0.5) is 4.79 Å². The molecule has 0 spiro atoms. The maximum atomic E-state index is 11.9. The molecule has 4 N–H and O–H groups in total. The first kappa shape index (κ1) is 17.2. The molecule has 1 atom stereocenters. The lowest BCUT2D eigenvalue weighted by Gasteiger charge is -2.24. The van der Waals surface area contributed by atoms with Gasteiger partial charge in [0, 0.05) is 19.5 Å². The summed E-state index contributed by atoms with van der Waals surface area (Å²) in [7, 11) is 0. The molecule has 0 aliphatic rings. The Morgan fingerprint density at radius 2 is 1.74 bits per heavy atom. The van der Waals surface area contributed by atoms with E-state index in [2.05, 4.69) is 5.32 Å². The molecule has 19 heavy (non-hydrogen) atoms. The SMILES string of the molecule is CCCN(CCC)C(=O)NC(CCC(N)=O)C(=O)O. The number of amides is 3. The van der Waals surface area contributed by atoms with E-state index in [0.717, 1.165) is 12.8 Å². The number of carboxylic acids is 1. The highest BCUT2D eigenvalue weighted by molar-refractivity contribution is 5.83. The number of nitrogens with zero attached hydrogens (tertiary/aromatic N) is 1. The van der Waals surface area contributed by atoms with Crippen LogP contribution in [0.15, 0.2) is 0 Å². The van der Waals surface area contributed by atoms with E-state index in [0.29, 0.717) is 13.1 Å². The van der Waals surface area contributed by atoms with Crippen LogP contribution in [0.5, 0.6) is 0 Å². The Hall–Kier alpha value is -1.79. The second kappa shape index (κ2) is 9.18. The zero-order valence-electron chi connectivity index (χ0n) is 11.5. The fourth-order valence-corrected chi connectivity index (χ4v) is 1.64. The molecular formula is C12H23N3O4. The van der Waals surface area contributed by atoms with Crippen molar-refractivity contribution < 1.29 is 19.5 Å². The van der Waals surface area contributed by atoms with E-state index >= 15 is 0 Å². The average Bonchev–Trinajstić information content (AvgIpc) is 2.33. The average molecular weight is 273 g/mol. The number of carboxylic acid groups (broad SMARTS) is 1. The summed E-state index contributed by atoms with van der Waals surface area (Å²) in [5.41, 5.74) is 4.97. The van der Waals surface area contributed by atoms with Crippen molar-refractivity contribution in [3.05, 3.63) is 0 Å². The summed E-state index contributed by atoms with van der Waals surface area (Å²) in [6, 6.07) is -1.50. The van der Waals surface area contributed by atoms with Crippen molar-refractivity contribution in [3.8, 4) is 0 Å². The molecule has 0 heterocycles. The molecule has 3 amide bonds. The van der Waals surface area contributed by atoms with Crippen molar-refractivity contribution in [1.29, 1.82) is 0 Å². The van der Waals surface area contributed by atoms with Gasteiger partial charge in [0.05, 0.1) is 0 Å². The first-order valence-electron chi connectivity index (χ1n) is 6.48. The van der Waals surface area contributed by atoms with Gasteiger partial charge in [-0.05, 0) is 19.3 Å². The third-order valence-electron chi connectivity index (χ3n) is 2.55. The zero-order valence-corrected chi connectivity index (χ0v) is 11.5. The highest BCUT2D eigenvalue weighted by Crippen LogP contribution is 2.01. The van der Waals surface area contributed by atoms with Gasteiger partial charge in [-0.3, -0.25) is 4.79 Å². The number of carbonyl (C=O) groups is 3. The monoisotopic (exact) mass is 273 g/mol. The topological polar surface area (TPSA) is 113 Å². The van der Waals surface area contributed by atoms with Gasteiger partial charge in [0.2, 0.25) is 5.91 Å². The molecule has 0 aromatic rings. The lowest BCUT2D eigenvalue weighted by Crippen LogP contribution is -2.48. The Morgan fingerprint density at radius 1 is 1.21 bits per heavy atom. The van der Waals surface area contributed by atoms with Gasteiger partial charge >= 0.3 is 12.0 Å². The van der Waals surface area contributed by atoms with Gasteiger partial charge in [-0.25, -0.2) is 9.59 Å². The van der Waals surface area contributed by atoms with E-state index in [1.165, 1.54) is 0 Å². The molecule has 0 fully saturated rings. The number of urea groups is 1. The van der Waals surface area contributed by atoms with E-state index in [-0.39, 0.29) is 12.8 Å². The van der Waals surface area contributed by atoms with Crippen molar-refractivity contribution in [2.75, 3.05) is 13.1 Å². The van der Waals surface area contributed by atoms with E-state index in [1.54, 1.807) is 4.90 Å². The first-order chi connectivity index (χ1) is 8.92. The lowest BCUT2D eigenvalue weighted by molar-refractivity contribution is -0.139. The molecule has 0 rings (SSSR count). The van der Waals surface area contributed by atoms with Gasteiger partial charge in [-0.2, -0.15) is 0 Å². The maximum absolute atomic E-state index is 11.9. The van der Waals surface area contributed by atoms with Crippen molar-refractivity contribution >= 4 is 17.9 Å². The highest BCUT2D eigenvalue weighted by Gasteiger charge is 2.22. The smallest absolute Gasteiger partial charge is 0.326 e. The minimum absolute atomic E-state index is 0.00248. The molecule has 0 radical (unpaired) electrons. The summed E-state index contributed by atoms with van der Waals surface area (Å²) in [6.45, 7) is 5.03. The summed E-state index contributed by atoms with van der Waals surface area (Å²) in [6.07, 6.45) is 1.53. The zero-order chi connectivity index (χ0) is 14.8. The van der Waals surface area contributed by atoms with Crippen LogP contribution in [0.25, 0.3) is 0 Å². The van der Waals surface area contributed by atoms with Gasteiger partial charge in [0.25, 0.3) is 0 Å². The van der Waals surface area contributed by atoms with Crippen LogP contribution in [0.3, 0.4) is 0 Å². The quantitative estimate of drug-likeness (QED) is 0.569. The summed E-state index contributed by atoms with van der Waals surface area (Å²) < 4.78 is 0. The summed E-state index contributed by atoms with van der Waals surface area (Å²) >= 11 is 0. The van der Waals surface area contributed by atoms with Crippen molar-refractivity contribution in [2.24, 2.45) is 5.73 Å². The molecule has 110 valence electrons. The predicted molar refractivity (Wildman–Crippen MR) is 70.5 cm³/mol. The van der Waals surface area contributed by atoms with Gasteiger partial charge in [-0.1, -0.05) is 13.8 Å². The lowest BCUT2D eigenvalue weighted by atomic mass is 10.1. The van der Waals surface area contributed by atoms with Crippen molar-refractivity contribution in [3.63, 3.8) is 0 Å². The Morgan fingerprint density at radius 3 is 2.11 bits per heavy atom. The van der Waals surface area contributed by atoms with Crippen LogP contribution < -0.4 is 11.1 Å². The fourth-order valence-electron chi connectivity index (χ4n) is 1.64. The van der Waals surface area contributed by atoms with Crippen LogP contribution in [0.2, 0.25) is 0 Å². The first-order valence-corrected chi connectivity index (χ1v) is 6.48. The number of carbonyl (C=O) groups excluding carboxylic acids is 2. The Kier molecular flexibility index (Phi) is 8.32. The molecular weight excluding hydrogens is 250 g/mol. The van der Waals surface area contributed by atoms with Crippen LogP contribution in [-0.2, 0) is 9.59 Å². The molecule has 7 heteroatoms. The number of hydrogen-bond donors (Lipinski definition) is 3. The molecule has 0 bridgehead atoms. The maximum Gasteiger partial charge on any atom is 0.326 e. The normalized spacial score (nSPS) is 11.7. The van der Waals surface area contributed by atoms with E-state index in [1.807, 2.05) is 13.8 Å². The summed E-state index contributed by atoms with van der Waals surface area (Å²) in [5, 5.41) is 11.4. The number of hydrogen-bond acceptors (Lipinski definition) is 3. The molecule has 7 nitrogen and oxygen atoms in total. The Labute approximate surface area is 113 Å². The molecule has 0 aromatic heterocycles. The Balaban J connectivity index is 4.49. The molecule has 1 unspecified atom stereocenters. The van der Waals surface area contributed by atoms with E-state index in [9.17, 15) is 14.4 Å². The summed E-state index contributed by atoms with van der Waals surface area (Å²) in [4.78, 5) is 35.1. The van der Waals surface area contributed by atoms with E-state index < -0.39 is 23.9 Å². The van der Waals surface area contributed by atoms with Crippen LogP contribution in [-0.4, -0.2) is 47.0 Å². The fraction of sp³-hybridized carbons (Fsp3) is 0.750. The molecule has 0 aliphatic carbocycles. The number of primary amides is 1. The third-order valence-corrected chi connectivity index (χ3v) is 2.55. The molecule has 0 aliphatic heterocycles. The second-order valence-electron chi connectivity index (χ2n) is 4.33. The minimum Gasteiger partial charge on any atom is -0.480 e. The minimum atomic E-state index is -1.16. The molecule has 0 saturated heterocycles.